The van der Waals surface area contributed by atoms with Crippen molar-refractivity contribution >= 4 is 34.9 Å². The first kappa shape index (κ1) is 20.4. The molecule has 0 aliphatic carbocycles. The molecule has 30 heavy (non-hydrogen) atoms. The number of halogens is 1. The summed E-state index contributed by atoms with van der Waals surface area (Å²) in [6.45, 7) is 4.82. The number of hydrogen-bond acceptors (Lipinski definition) is 4. The lowest BCUT2D eigenvalue weighted by molar-refractivity contribution is -0.135. The Morgan fingerprint density at radius 2 is 1.87 bits per heavy atom. The Bertz CT molecular complexity index is 1070. The molecule has 0 atom stereocenters. The second-order valence-corrected chi connectivity index (χ2v) is 8.46. The maximum Gasteiger partial charge on any atom is 0.294 e. The number of carbonyl (C=O) groups excluding carboxylic acids is 3. The lowest BCUT2D eigenvalue weighted by Gasteiger charge is -2.18. The first-order valence-electron chi connectivity index (χ1n) is 9.84. The van der Waals surface area contributed by atoms with Crippen LogP contribution in [0.4, 0.5) is 9.18 Å². The van der Waals surface area contributed by atoms with Crippen molar-refractivity contribution in [3.63, 3.8) is 0 Å². The summed E-state index contributed by atoms with van der Waals surface area (Å²) in [5.74, 6) is -1.01. The highest BCUT2D eigenvalue weighted by molar-refractivity contribution is 8.18. The average molecular weight is 428 g/mol. The Balaban J connectivity index is 1.59. The topological polar surface area (TPSA) is 62.6 Å². The molecule has 156 valence electrons. The van der Waals surface area contributed by atoms with Gasteiger partial charge in [0.2, 0.25) is 5.91 Å². The Kier molecular flexibility index (Phi) is 5.51. The van der Waals surface area contributed by atoms with Gasteiger partial charge in [0.15, 0.2) is 0 Å². The van der Waals surface area contributed by atoms with Gasteiger partial charge in [-0.25, -0.2) is 4.39 Å². The number of benzene rings is 1. The number of thioether (sulfide) groups is 1. The normalized spacial score (nSPS) is 18.2. The summed E-state index contributed by atoms with van der Waals surface area (Å²) in [7, 11) is 0. The summed E-state index contributed by atoms with van der Waals surface area (Å²) in [6, 6.07) is 8.34. The summed E-state index contributed by atoms with van der Waals surface area (Å²) >= 11 is 0.828. The molecular formula is C22H22FN3O3S. The average Bonchev–Trinajstić information content (AvgIpc) is 3.40. The van der Waals surface area contributed by atoms with Crippen LogP contribution in [0.5, 0.6) is 0 Å². The van der Waals surface area contributed by atoms with E-state index in [4.69, 9.17) is 0 Å². The molecule has 0 radical (unpaired) electrons. The predicted octanol–water partition coefficient (Wildman–Crippen LogP) is 3.89. The van der Waals surface area contributed by atoms with Gasteiger partial charge in [0.1, 0.15) is 12.4 Å². The number of imide groups is 1. The van der Waals surface area contributed by atoms with Crippen LogP contribution in [-0.4, -0.2) is 51.1 Å². The molecule has 2 fully saturated rings. The fraction of sp³-hybridized carbons (Fsp3) is 0.318. The van der Waals surface area contributed by atoms with Gasteiger partial charge in [-0.15, -0.1) is 0 Å². The van der Waals surface area contributed by atoms with E-state index < -0.39 is 11.1 Å². The lowest BCUT2D eigenvalue weighted by Crippen LogP contribution is -2.40. The van der Waals surface area contributed by atoms with E-state index in [1.165, 1.54) is 6.07 Å². The smallest absolute Gasteiger partial charge is 0.294 e. The van der Waals surface area contributed by atoms with Crippen molar-refractivity contribution in [1.82, 2.24) is 14.4 Å². The van der Waals surface area contributed by atoms with Crippen molar-refractivity contribution < 1.29 is 18.8 Å². The molecule has 6 nitrogen and oxygen atoms in total. The third-order valence-corrected chi connectivity index (χ3v) is 6.38. The van der Waals surface area contributed by atoms with Crippen molar-refractivity contribution in [2.75, 3.05) is 19.6 Å². The zero-order chi connectivity index (χ0) is 21.4. The first-order chi connectivity index (χ1) is 14.4. The highest BCUT2D eigenvalue weighted by Gasteiger charge is 2.37. The number of nitrogens with zero attached hydrogens (tertiary/aromatic N) is 3. The van der Waals surface area contributed by atoms with Crippen molar-refractivity contribution in [3.05, 3.63) is 58.0 Å². The van der Waals surface area contributed by atoms with Gasteiger partial charge in [-0.05, 0) is 68.3 Å². The van der Waals surface area contributed by atoms with Gasteiger partial charge in [-0.3, -0.25) is 19.3 Å². The van der Waals surface area contributed by atoms with Gasteiger partial charge in [0.25, 0.3) is 11.1 Å². The second kappa shape index (κ2) is 8.10. The minimum Gasteiger partial charge on any atom is -0.341 e. The van der Waals surface area contributed by atoms with E-state index in [0.29, 0.717) is 18.8 Å². The summed E-state index contributed by atoms with van der Waals surface area (Å²) in [5.41, 5.74) is 2.73. The summed E-state index contributed by atoms with van der Waals surface area (Å²) in [5, 5.41) is -0.443. The number of para-hydroxylation sites is 1. The maximum atomic E-state index is 14.3. The fourth-order valence-electron chi connectivity index (χ4n) is 3.92. The Morgan fingerprint density at radius 1 is 1.17 bits per heavy atom. The third-order valence-electron chi connectivity index (χ3n) is 5.48. The maximum absolute atomic E-state index is 14.3. The Morgan fingerprint density at radius 3 is 2.57 bits per heavy atom. The quantitative estimate of drug-likeness (QED) is 0.695. The SMILES string of the molecule is Cc1cc(/C=C2\SC(=O)N(CC(=O)N3CCCC3)C2=O)c(C)n1-c1ccccc1F. The lowest BCUT2D eigenvalue weighted by atomic mass is 10.2. The van der Waals surface area contributed by atoms with E-state index in [0.717, 1.165) is 46.5 Å². The van der Waals surface area contributed by atoms with Gasteiger partial charge < -0.3 is 9.47 Å². The third kappa shape index (κ3) is 3.67. The van der Waals surface area contributed by atoms with Crippen LogP contribution in [0.2, 0.25) is 0 Å². The number of aryl methyl sites for hydroxylation is 1. The van der Waals surface area contributed by atoms with Gasteiger partial charge in [0.05, 0.1) is 10.6 Å². The molecule has 0 unspecified atom stereocenters. The summed E-state index contributed by atoms with van der Waals surface area (Å²) in [4.78, 5) is 40.5. The number of carbonyl (C=O) groups is 3. The van der Waals surface area contributed by atoms with Gasteiger partial charge in [0, 0.05) is 24.5 Å². The zero-order valence-electron chi connectivity index (χ0n) is 16.9. The zero-order valence-corrected chi connectivity index (χ0v) is 17.7. The van der Waals surface area contributed by atoms with E-state index in [1.807, 2.05) is 19.9 Å². The molecule has 2 saturated heterocycles. The molecule has 1 aromatic carbocycles. The number of hydrogen-bond donors (Lipinski definition) is 0. The molecule has 8 heteroatoms. The highest BCUT2D eigenvalue weighted by atomic mass is 32.2. The first-order valence-corrected chi connectivity index (χ1v) is 10.7. The molecule has 2 aliphatic heterocycles. The Labute approximate surface area is 178 Å². The van der Waals surface area contributed by atoms with Gasteiger partial charge >= 0.3 is 0 Å². The molecule has 4 rings (SSSR count). The van der Waals surface area contributed by atoms with Crippen LogP contribution in [0, 0.1) is 19.7 Å². The van der Waals surface area contributed by atoms with Crippen molar-refractivity contribution in [2.24, 2.45) is 0 Å². The highest BCUT2D eigenvalue weighted by Crippen LogP contribution is 2.34. The van der Waals surface area contributed by atoms with Crippen molar-refractivity contribution in [2.45, 2.75) is 26.7 Å². The van der Waals surface area contributed by atoms with Gasteiger partial charge in [-0.2, -0.15) is 0 Å². The van der Waals surface area contributed by atoms with Crippen LogP contribution >= 0.6 is 11.8 Å². The standard InChI is InChI=1S/C22H22FN3O3S/c1-14-11-16(15(2)26(14)18-8-4-3-7-17(18)23)12-19-21(28)25(22(29)30-19)13-20(27)24-9-5-6-10-24/h3-4,7-8,11-12H,5-6,9-10,13H2,1-2H3/b19-12-. The molecule has 0 spiro atoms. The van der Waals surface area contributed by atoms with E-state index in [9.17, 15) is 18.8 Å². The molecular weight excluding hydrogens is 405 g/mol. The van der Waals surface area contributed by atoms with E-state index >= 15 is 0 Å². The predicted molar refractivity (Wildman–Crippen MR) is 114 cm³/mol. The number of aromatic nitrogens is 1. The molecule has 3 amide bonds. The van der Waals surface area contributed by atoms with Crippen LogP contribution in [0.25, 0.3) is 11.8 Å². The Hall–Kier alpha value is -2.87. The summed E-state index contributed by atoms with van der Waals surface area (Å²) < 4.78 is 16.1. The fourth-order valence-corrected chi connectivity index (χ4v) is 4.75. The second-order valence-electron chi connectivity index (χ2n) is 7.47. The minimum absolute atomic E-state index is 0.200. The molecule has 0 bridgehead atoms. The number of amides is 3. The molecule has 2 aromatic rings. The van der Waals surface area contributed by atoms with Gasteiger partial charge in [-0.1, -0.05) is 12.1 Å². The minimum atomic E-state index is -0.465. The van der Waals surface area contributed by atoms with E-state index in [2.05, 4.69) is 0 Å². The van der Waals surface area contributed by atoms with Crippen molar-refractivity contribution in [3.8, 4) is 5.69 Å². The number of rotatable bonds is 4. The molecule has 2 aliphatic rings. The van der Waals surface area contributed by atoms with Crippen molar-refractivity contribution in [1.29, 1.82) is 0 Å². The monoisotopic (exact) mass is 427 g/mol. The van der Waals surface area contributed by atoms with Crippen LogP contribution in [0.15, 0.2) is 35.2 Å². The van der Waals surface area contributed by atoms with Crippen LogP contribution in [0.3, 0.4) is 0 Å². The van der Waals surface area contributed by atoms with Crippen LogP contribution in [-0.2, 0) is 9.59 Å². The van der Waals surface area contributed by atoms with E-state index in [-0.39, 0.29) is 23.2 Å². The largest absolute Gasteiger partial charge is 0.341 e. The molecule has 3 heterocycles. The molecule has 0 N–H and O–H groups in total. The summed E-state index contributed by atoms with van der Waals surface area (Å²) in [6.07, 6.45) is 3.54. The molecule has 0 saturated carbocycles. The van der Waals surface area contributed by atoms with Crippen LogP contribution < -0.4 is 0 Å². The number of likely N-dealkylation sites (tertiary alicyclic amines) is 1. The molecule has 1 aromatic heterocycles. The van der Waals surface area contributed by atoms with Crippen LogP contribution in [0.1, 0.15) is 29.8 Å². The van der Waals surface area contributed by atoms with E-state index in [1.54, 1.807) is 33.7 Å².